The average molecular weight is 303 g/mol. The summed E-state index contributed by atoms with van der Waals surface area (Å²) in [7, 11) is 0. The molecule has 0 spiro atoms. The van der Waals surface area contributed by atoms with E-state index in [0.717, 1.165) is 29.4 Å². The molecule has 114 valence electrons. The molecule has 0 aromatic carbocycles. The summed E-state index contributed by atoms with van der Waals surface area (Å²) in [6.45, 7) is 5.20. The molecule has 2 heterocycles. The van der Waals surface area contributed by atoms with Crippen molar-refractivity contribution in [3.05, 3.63) is 23.0 Å². The number of fused-ring (bicyclic) bond motifs is 1. The highest BCUT2D eigenvalue weighted by molar-refractivity contribution is 7.80. The van der Waals surface area contributed by atoms with Crippen LogP contribution >= 0.6 is 12.2 Å². The van der Waals surface area contributed by atoms with Crippen LogP contribution in [-0.2, 0) is 0 Å². The summed E-state index contributed by atoms with van der Waals surface area (Å²) in [6, 6.07) is 2.85. The van der Waals surface area contributed by atoms with E-state index < -0.39 is 0 Å². The minimum Gasteiger partial charge on any atom is -0.389 e. The molecule has 3 rings (SSSR count). The third-order valence-electron chi connectivity index (χ3n) is 5.11. The van der Waals surface area contributed by atoms with Gasteiger partial charge in [0.2, 0.25) is 0 Å². The molecule has 2 fully saturated rings. The second kappa shape index (κ2) is 5.91. The second-order valence-electron chi connectivity index (χ2n) is 6.55. The van der Waals surface area contributed by atoms with Gasteiger partial charge in [0, 0.05) is 24.0 Å². The van der Waals surface area contributed by atoms with E-state index in [2.05, 4.69) is 22.9 Å². The number of hydrogen-bond acceptors (Lipinski definition) is 3. The summed E-state index contributed by atoms with van der Waals surface area (Å²) in [5.41, 5.74) is 10.2. The van der Waals surface area contributed by atoms with E-state index in [4.69, 9.17) is 18.0 Å². The van der Waals surface area contributed by atoms with Crippen LogP contribution < -0.4 is 10.6 Å². The van der Waals surface area contributed by atoms with Crippen LogP contribution in [0, 0.1) is 19.8 Å². The van der Waals surface area contributed by atoms with E-state index in [1.165, 1.54) is 44.2 Å². The van der Waals surface area contributed by atoms with Crippen LogP contribution in [0.2, 0.25) is 0 Å². The predicted molar refractivity (Wildman–Crippen MR) is 91.9 cm³/mol. The Kier molecular flexibility index (Phi) is 4.16. The zero-order valence-electron chi connectivity index (χ0n) is 13.1. The maximum absolute atomic E-state index is 6.00. The molecule has 1 saturated heterocycles. The van der Waals surface area contributed by atoms with Gasteiger partial charge in [0.25, 0.3) is 0 Å². The Balaban J connectivity index is 2.04. The van der Waals surface area contributed by atoms with E-state index >= 15 is 0 Å². The van der Waals surface area contributed by atoms with Gasteiger partial charge >= 0.3 is 0 Å². The Morgan fingerprint density at radius 2 is 1.95 bits per heavy atom. The van der Waals surface area contributed by atoms with E-state index in [1.807, 2.05) is 6.92 Å². The average Bonchev–Trinajstić information content (AvgIpc) is 2.45. The van der Waals surface area contributed by atoms with Crippen LogP contribution in [0.25, 0.3) is 0 Å². The Bertz CT molecular complexity index is 553. The molecule has 1 aliphatic heterocycles. The number of aromatic nitrogens is 1. The van der Waals surface area contributed by atoms with Gasteiger partial charge in [-0.15, -0.1) is 0 Å². The van der Waals surface area contributed by atoms with Crippen molar-refractivity contribution in [2.75, 3.05) is 11.4 Å². The molecule has 21 heavy (non-hydrogen) atoms. The molecule has 4 heteroatoms. The molecule has 0 amide bonds. The topological polar surface area (TPSA) is 42.1 Å². The fraction of sp³-hybridized carbons (Fsp3) is 0.647. The number of nitrogens with two attached hydrogens (primary N) is 1. The largest absolute Gasteiger partial charge is 0.389 e. The fourth-order valence-corrected chi connectivity index (χ4v) is 4.52. The molecule has 3 nitrogen and oxygen atoms in total. The van der Waals surface area contributed by atoms with Gasteiger partial charge in [-0.1, -0.05) is 25.1 Å². The minimum absolute atomic E-state index is 0.480. The standard InChI is InChI=1S/C17H25N3S/c1-11-10-15(16(17(18)21)12(2)19-11)20-9-5-7-13-6-3-4-8-14(13)20/h10,13-14H,3-9H2,1-2H3,(H2,18,21)/t13-,14-/m1/s1. The van der Waals surface area contributed by atoms with Crippen LogP contribution in [0.5, 0.6) is 0 Å². The molecule has 2 atom stereocenters. The zero-order valence-corrected chi connectivity index (χ0v) is 13.9. The van der Waals surface area contributed by atoms with E-state index in [-0.39, 0.29) is 0 Å². The van der Waals surface area contributed by atoms with Crippen molar-refractivity contribution in [3.63, 3.8) is 0 Å². The Morgan fingerprint density at radius 3 is 2.71 bits per heavy atom. The van der Waals surface area contributed by atoms with Crippen molar-refractivity contribution >= 4 is 22.9 Å². The summed E-state index contributed by atoms with van der Waals surface area (Å²) in [5, 5.41) is 0. The molecule has 0 radical (unpaired) electrons. The van der Waals surface area contributed by atoms with Crippen molar-refractivity contribution in [1.82, 2.24) is 4.98 Å². The molecule has 2 aliphatic rings. The predicted octanol–water partition coefficient (Wildman–Crippen LogP) is 3.49. The third-order valence-corrected chi connectivity index (χ3v) is 5.31. The smallest absolute Gasteiger partial charge is 0.107 e. The van der Waals surface area contributed by atoms with E-state index in [1.54, 1.807) is 0 Å². The van der Waals surface area contributed by atoms with Crippen molar-refractivity contribution in [1.29, 1.82) is 0 Å². The maximum Gasteiger partial charge on any atom is 0.107 e. The zero-order chi connectivity index (χ0) is 15.0. The lowest BCUT2D eigenvalue weighted by molar-refractivity contribution is 0.243. The van der Waals surface area contributed by atoms with E-state index in [0.29, 0.717) is 11.0 Å². The van der Waals surface area contributed by atoms with Gasteiger partial charge in [-0.3, -0.25) is 4.98 Å². The first-order chi connectivity index (χ1) is 10.1. The molecular formula is C17H25N3S. The number of hydrogen-bond donors (Lipinski definition) is 1. The van der Waals surface area contributed by atoms with Gasteiger partial charge < -0.3 is 10.6 Å². The quantitative estimate of drug-likeness (QED) is 0.849. The van der Waals surface area contributed by atoms with Crippen molar-refractivity contribution in [3.8, 4) is 0 Å². The lowest BCUT2D eigenvalue weighted by Gasteiger charge is -2.46. The molecule has 1 aromatic rings. The summed E-state index contributed by atoms with van der Waals surface area (Å²) in [4.78, 5) is 7.63. The number of aryl methyl sites for hydroxylation is 2. The third kappa shape index (κ3) is 2.78. The lowest BCUT2D eigenvalue weighted by Crippen LogP contribution is -2.47. The first-order valence-corrected chi connectivity index (χ1v) is 8.53. The van der Waals surface area contributed by atoms with Gasteiger partial charge in [0.1, 0.15) is 4.99 Å². The maximum atomic E-state index is 6.00. The molecule has 2 N–H and O–H groups in total. The highest BCUT2D eigenvalue weighted by Gasteiger charge is 2.34. The number of anilines is 1. The van der Waals surface area contributed by atoms with E-state index in [9.17, 15) is 0 Å². The minimum atomic E-state index is 0.480. The van der Waals surface area contributed by atoms with Crippen molar-refractivity contribution in [2.24, 2.45) is 11.7 Å². The number of thiocarbonyl (C=S) groups is 1. The SMILES string of the molecule is Cc1cc(N2CCC[C@H]3CCCC[C@H]32)c(C(N)=S)c(C)n1. The Hall–Kier alpha value is -1.16. The molecular weight excluding hydrogens is 278 g/mol. The van der Waals surface area contributed by atoms with Gasteiger partial charge in [0.05, 0.1) is 11.3 Å². The monoisotopic (exact) mass is 303 g/mol. The van der Waals surface area contributed by atoms with Gasteiger partial charge in [-0.05, 0) is 51.5 Å². The van der Waals surface area contributed by atoms with Crippen molar-refractivity contribution in [2.45, 2.75) is 58.4 Å². The molecule has 0 unspecified atom stereocenters. The van der Waals surface area contributed by atoms with Crippen LogP contribution in [0.3, 0.4) is 0 Å². The first kappa shape index (κ1) is 14.8. The van der Waals surface area contributed by atoms with Gasteiger partial charge in [-0.25, -0.2) is 0 Å². The molecule has 1 aromatic heterocycles. The number of pyridine rings is 1. The first-order valence-electron chi connectivity index (χ1n) is 8.12. The number of rotatable bonds is 2. The van der Waals surface area contributed by atoms with Crippen LogP contribution in [0.4, 0.5) is 5.69 Å². The summed E-state index contributed by atoms with van der Waals surface area (Å²) in [5.74, 6) is 0.848. The number of piperidine rings is 1. The lowest BCUT2D eigenvalue weighted by atomic mass is 9.78. The fourth-order valence-electron chi connectivity index (χ4n) is 4.26. The second-order valence-corrected chi connectivity index (χ2v) is 6.99. The van der Waals surface area contributed by atoms with Crippen LogP contribution in [0.1, 0.15) is 55.5 Å². The summed E-state index contributed by atoms with van der Waals surface area (Å²) >= 11 is 5.31. The summed E-state index contributed by atoms with van der Waals surface area (Å²) < 4.78 is 0. The molecule has 1 aliphatic carbocycles. The number of nitrogens with zero attached hydrogens (tertiary/aromatic N) is 2. The summed E-state index contributed by atoms with van der Waals surface area (Å²) in [6.07, 6.45) is 8.09. The van der Waals surface area contributed by atoms with Gasteiger partial charge in [-0.2, -0.15) is 0 Å². The van der Waals surface area contributed by atoms with Crippen molar-refractivity contribution < 1.29 is 0 Å². The molecule has 1 saturated carbocycles. The highest BCUT2D eigenvalue weighted by Crippen LogP contribution is 2.39. The Labute approximate surface area is 132 Å². The van der Waals surface area contributed by atoms with Crippen LogP contribution in [0.15, 0.2) is 6.07 Å². The highest BCUT2D eigenvalue weighted by atomic mass is 32.1. The molecule has 0 bridgehead atoms. The van der Waals surface area contributed by atoms with Gasteiger partial charge in [0.15, 0.2) is 0 Å². The Morgan fingerprint density at radius 1 is 1.24 bits per heavy atom. The van der Waals surface area contributed by atoms with Crippen LogP contribution in [-0.4, -0.2) is 22.6 Å². The normalized spacial score (nSPS) is 25.5.